The van der Waals surface area contributed by atoms with Crippen LogP contribution in [0.25, 0.3) is 10.8 Å². The predicted octanol–water partition coefficient (Wildman–Crippen LogP) is 3.53. The van der Waals surface area contributed by atoms with Gasteiger partial charge in [0.05, 0.1) is 10.6 Å². The lowest BCUT2D eigenvalue weighted by atomic mass is 10.1. The van der Waals surface area contributed by atoms with Crippen molar-refractivity contribution in [2.24, 2.45) is 0 Å². The summed E-state index contributed by atoms with van der Waals surface area (Å²) in [7, 11) is -3.65. The van der Waals surface area contributed by atoms with Gasteiger partial charge < -0.3 is 5.73 Å². The van der Waals surface area contributed by atoms with E-state index in [0.29, 0.717) is 11.4 Å². The number of nitrogen functional groups attached to an aromatic ring is 1. The minimum absolute atomic E-state index is 0.189. The van der Waals surface area contributed by atoms with Gasteiger partial charge in [-0.3, -0.25) is 4.72 Å². The Morgan fingerprint density at radius 1 is 0.909 bits per heavy atom. The Balaban J connectivity index is 2.09. The second-order valence-electron chi connectivity index (χ2n) is 5.15. The fraction of sp³-hybridized carbons (Fsp3) is 0.0588. The van der Waals surface area contributed by atoms with Crippen LogP contribution in [0.15, 0.2) is 65.6 Å². The van der Waals surface area contributed by atoms with E-state index in [0.717, 1.165) is 16.3 Å². The van der Waals surface area contributed by atoms with Gasteiger partial charge >= 0.3 is 0 Å². The molecule has 0 unspecified atom stereocenters. The maximum atomic E-state index is 12.6. The minimum atomic E-state index is -3.65. The molecule has 3 aromatic carbocycles. The number of nitrogens with two attached hydrogens (primary N) is 1. The fourth-order valence-corrected chi connectivity index (χ4v) is 3.51. The van der Waals surface area contributed by atoms with Crippen molar-refractivity contribution in [1.29, 1.82) is 0 Å². The van der Waals surface area contributed by atoms with Crippen LogP contribution in [0.3, 0.4) is 0 Å². The van der Waals surface area contributed by atoms with E-state index in [1.807, 2.05) is 43.3 Å². The van der Waals surface area contributed by atoms with Crippen LogP contribution in [0.4, 0.5) is 11.4 Å². The summed E-state index contributed by atoms with van der Waals surface area (Å²) in [6.07, 6.45) is 0. The zero-order valence-corrected chi connectivity index (χ0v) is 12.9. The highest BCUT2D eigenvalue weighted by molar-refractivity contribution is 7.92. The van der Waals surface area contributed by atoms with Crippen molar-refractivity contribution in [3.63, 3.8) is 0 Å². The lowest BCUT2D eigenvalue weighted by Crippen LogP contribution is -2.14. The lowest BCUT2D eigenvalue weighted by Gasteiger charge is -2.13. The number of aryl methyl sites for hydroxylation is 1. The Morgan fingerprint density at radius 3 is 2.32 bits per heavy atom. The van der Waals surface area contributed by atoms with E-state index in [-0.39, 0.29) is 4.90 Å². The van der Waals surface area contributed by atoms with Crippen LogP contribution >= 0.6 is 0 Å². The molecule has 0 aromatic heterocycles. The molecule has 0 saturated carbocycles. The summed E-state index contributed by atoms with van der Waals surface area (Å²) in [5, 5.41) is 1.87. The van der Waals surface area contributed by atoms with Gasteiger partial charge in [0.15, 0.2) is 0 Å². The van der Waals surface area contributed by atoms with Crippen LogP contribution in [0.1, 0.15) is 5.56 Å². The van der Waals surface area contributed by atoms with Crippen molar-refractivity contribution in [2.75, 3.05) is 10.5 Å². The molecule has 3 rings (SSSR count). The lowest BCUT2D eigenvalue weighted by molar-refractivity contribution is 0.601. The monoisotopic (exact) mass is 312 g/mol. The second kappa shape index (κ2) is 5.35. The fourth-order valence-electron chi connectivity index (χ4n) is 2.36. The summed E-state index contributed by atoms with van der Waals surface area (Å²) < 4.78 is 27.8. The van der Waals surface area contributed by atoms with E-state index in [2.05, 4.69) is 4.72 Å². The molecular formula is C17H16N2O2S. The van der Waals surface area contributed by atoms with Gasteiger partial charge in [0.1, 0.15) is 0 Å². The highest BCUT2D eigenvalue weighted by Crippen LogP contribution is 2.29. The topological polar surface area (TPSA) is 72.2 Å². The summed E-state index contributed by atoms with van der Waals surface area (Å²) >= 11 is 0. The molecule has 0 aliphatic rings. The quantitative estimate of drug-likeness (QED) is 0.727. The van der Waals surface area contributed by atoms with E-state index in [1.54, 1.807) is 12.1 Å². The number of nitrogens with one attached hydrogen (secondary N) is 1. The zero-order valence-electron chi connectivity index (χ0n) is 12.1. The number of fused-ring (bicyclic) bond motifs is 1. The number of hydrogen-bond donors (Lipinski definition) is 2. The Hall–Kier alpha value is -2.53. The van der Waals surface area contributed by atoms with E-state index in [1.165, 1.54) is 12.1 Å². The van der Waals surface area contributed by atoms with Gasteiger partial charge in [-0.15, -0.1) is 0 Å². The maximum absolute atomic E-state index is 12.6. The Bertz CT molecular complexity index is 933. The smallest absolute Gasteiger partial charge is 0.261 e. The summed E-state index contributed by atoms with van der Waals surface area (Å²) in [5.41, 5.74) is 7.61. The van der Waals surface area contributed by atoms with Crippen molar-refractivity contribution in [3.05, 3.63) is 66.2 Å². The van der Waals surface area contributed by atoms with E-state index >= 15 is 0 Å². The molecule has 0 radical (unpaired) electrons. The van der Waals surface area contributed by atoms with Gasteiger partial charge in [0.2, 0.25) is 0 Å². The van der Waals surface area contributed by atoms with E-state index in [4.69, 9.17) is 5.73 Å². The Labute approximate surface area is 129 Å². The third-order valence-electron chi connectivity index (χ3n) is 3.56. The number of sulfonamides is 1. The Morgan fingerprint density at radius 2 is 1.59 bits per heavy atom. The molecule has 0 spiro atoms. The summed E-state index contributed by atoms with van der Waals surface area (Å²) in [5.74, 6) is 0. The molecule has 0 aliphatic heterocycles. The first-order chi connectivity index (χ1) is 10.5. The molecule has 112 valence electrons. The van der Waals surface area contributed by atoms with Gasteiger partial charge in [0.25, 0.3) is 10.0 Å². The Kier molecular flexibility index (Phi) is 3.50. The highest BCUT2D eigenvalue weighted by Gasteiger charge is 2.16. The number of hydrogen-bond acceptors (Lipinski definition) is 3. The van der Waals surface area contributed by atoms with Gasteiger partial charge in [-0.2, -0.15) is 0 Å². The average Bonchev–Trinajstić information content (AvgIpc) is 2.50. The highest BCUT2D eigenvalue weighted by atomic mass is 32.2. The third kappa shape index (κ3) is 2.63. The largest absolute Gasteiger partial charge is 0.399 e. The van der Waals surface area contributed by atoms with Gasteiger partial charge in [-0.25, -0.2) is 8.42 Å². The van der Waals surface area contributed by atoms with Crippen LogP contribution in [0, 0.1) is 6.92 Å². The molecule has 0 bridgehead atoms. The third-order valence-corrected chi connectivity index (χ3v) is 4.93. The van der Waals surface area contributed by atoms with Crippen molar-refractivity contribution < 1.29 is 8.42 Å². The van der Waals surface area contributed by atoms with Crippen LogP contribution in [-0.2, 0) is 10.0 Å². The maximum Gasteiger partial charge on any atom is 0.261 e. The second-order valence-corrected chi connectivity index (χ2v) is 6.84. The summed E-state index contributed by atoms with van der Waals surface area (Å²) in [4.78, 5) is 0.189. The van der Waals surface area contributed by atoms with Crippen molar-refractivity contribution >= 4 is 32.2 Å². The first-order valence-corrected chi connectivity index (χ1v) is 8.32. The summed E-state index contributed by atoms with van der Waals surface area (Å²) in [6.45, 7) is 1.88. The van der Waals surface area contributed by atoms with Crippen molar-refractivity contribution in [3.8, 4) is 0 Å². The number of benzene rings is 3. The molecule has 0 aliphatic carbocycles. The SMILES string of the molecule is Cc1ccc2ccccc2c1NS(=O)(=O)c1ccc(N)cc1. The first-order valence-electron chi connectivity index (χ1n) is 6.84. The normalized spacial score (nSPS) is 11.5. The molecule has 5 heteroatoms. The first kappa shape index (κ1) is 14.4. The van der Waals surface area contributed by atoms with Crippen molar-refractivity contribution in [2.45, 2.75) is 11.8 Å². The summed E-state index contributed by atoms with van der Waals surface area (Å²) in [6, 6.07) is 17.7. The molecule has 0 amide bonds. The van der Waals surface area contributed by atoms with Gasteiger partial charge in [-0.05, 0) is 42.1 Å². The molecule has 0 heterocycles. The molecule has 4 nitrogen and oxygen atoms in total. The minimum Gasteiger partial charge on any atom is -0.399 e. The molecule has 3 N–H and O–H groups in total. The predicted molar refractivity (Wildman–Crippen MR) is 90.3 cm³/mol. The molecule has 3 aromatic rings. The van der Waals surface area contributed by atoms with Crippen LogP contribution in [0.5, 0.6) is 0 Å². The zero-order chi connectivity index (χ0) is 15.7. The standard InChI is InChI=1S/C17H16N2O2S/c1-12-6-7-13-4-2-3-5-16(13)17(12)19-22(20,21)15-10-8-14(18)9-11-15/h2-11,19H,18H2,1H3. The number of rotatable bonds is 3. The molecule has 22 heavy (non-hydrogen) atoms. The van der Waals surface area contributed by atoms with E-state index < -0.39 is 10.0 Å². The van der Waals surface area contributed by atoms with Gasteiger partial charge in [-0.1, -0.05) is 36.4 Å². The van der Waals surface area contributed by atoms with E-state index in [9.17, 15) is 8.42 Å². The molecule has 0 saturated heterocycles. The van der Waals surface area contributed by atoms with Crippen LogP contribution in [-0.4, -0.2) is 8.42 Å². The van der Waals surface area contributed by atoms with Crippen LogP contribution < -0.4 is 10.5 Å². The van der Waals surface area contributed by atoms with Crippen molar-refractivity contribution in [1.82, 2.24) is 0 Å². The average molecular weight is 312 g/mol. The van der Waals surface area contributed by atoms with Crippen LogP contribution in [0.2, 0.25) is 0 Å². The molecular weight excluding hydrogens is 296 g/mol. The van der Waals surface area contributed by atoms with Gasteiger partial charge in [0, 0.05) is 11.1 Å². The molecule has 0 fully saturated rings. The molecule has 0 atom stereocenters. The number of anilines is 2.